The third-order valence-corrected chi connectivity index (χ3v) is 3.42. The molecule has 6 nitrogen and oxygen atoms in total. The molecule has 1 aromatic heterocycles. The number of nitriles is 1. The summed E-state index contributed by atoms with van der Waals surface area (Å²) in [5.74, 6) is -0.290. The van der Waals surface area contributed by atoms with E-state index in [4.69, 9.17) is 15.7 Å². The second-order valence-electron chi connectivity index (χ2n) is 3.74. The van der Waals surface area contributed by atoms with Gasteiger partial charge in [0.25, 0.3) is 5.91 Å². The van der Waals surface area contributed by atoms with Crippen molar-refractivity contribution in [3.8, 4) is 6.07 Å². The first-order chi connectivity index (χ1) is 8.54. The molecule has 0 aliphatic rings. The van der Waals surface area contributed by atoms with E-state index < -0.39 is 0 Å². The van der Waals surface area contributed by atoms with Gasteiger partial charge in [0.05, 0.1) is 12.3 Å². The number of nitrogens with two attached hydrogens (primary N) is 1. The van der Waals surface area contributed by atoms with Crippen LogP contribution in [0.25, 0.3) is 0 Å². The van der Waals surface area contributed by atoms with Gasteiger partial charge >= 0.3 is 0 Å². The summed E-state index contributed by atoms with van der Waals surface area (Å²) in [4.78, 5) is 11.9. The van der Waals surface area contributed by atoms with Crippen molar-refractivity contribution in [2.24, 2.45) is 0 Å². The molecule has 1 unspecified atom stereocenters. The molecule has 0 aliphatic carbocycles. The number of ether oxygens (including phenoxy) is 1. The van der Waals surface area contributed by atoms with E-state index in [-0.39, 0.29) is 17.6 Å². The van der Waals surface area contributed by atoms with Crippen LogP contribution in [-0.2, 0) is 4.74 Å². The number of nitrogens with zero attached hydrogens (tertiary/aromatic N) is 1. The van der Waals surface area contributed by atoms with E-state index in [1.807, 2.05) is 13.0 Å². The number of carbonyl (C=O) groups excluding carboxylic acids is 1. The predicted octanol–water partition coefficient (Wildman–Crippen LogP) is 1.01. The van der Waals surface area contributed by atoms with Crippen molar-refractivity contribution >= 4 is 27.9 Å². The molecule has 0 bridgehead atoms. The zero-order valence-electron chi connectivity index (χ0n) is 10.5. The van der Waals surface area contributed by atoms with Crippen LogP contribution in [0.3, 0.4) is 0 Å². The summed E-state index contributed by atoms with van der Waals surface area (Å²) in [5, 5.41) is 15.3. The molecular weight excluding hydrogens is 252 g/mol. The Morgan fingerprint density at radius 2 is 2.33 bits per heavy atom. The Kier molecular flexibility index (Phi) is 4.95. The van der Waals surface area contributed by atoms with Crippen molar-refractivity contribution in [3.05, 3.63) is 10.4 Å². The van der Waals surface area contributed by atoms with Crippen LogP contribution in [0, 0.1) is 11.3 Å². The van der Waals surface area contributed by atoms with E-state index in [2.05, 4.69) is 10.6 Å². The number of nitrogen functional groups attached to an aromatic ring is 1. The smallest absolute Gasteiger partial charge is 0.263 e. The SMILES string of the molecule is CNC(=O)c1sc(NC(C)COC)c(C#N)c1N. The molecule has 0 saturated carbocycles. The molecule has 0 spiro atoms. The lowest BCUT2D eigenvalue weighted by Gasteiger charge is -2.12. The summed E-state index contributed by atoms with van der Waals surface area (Å²) in [7, 11) is 3.12. The van der Waals surface area contributed by atoms with Gasteiger partial charge in [-0.05, 0) is 6.92 Å². The van der Waals surface area contributed by atoms with E-state index in [1.54, 1.807) is 7.11 Å². The Morgan fingerprint density at radius 3 is 2.83 bits per heavy atom. The minimum atomic E-state index is -0.290. The predicted molar refractivity (Wildman–Crippen MR) is 71.8 cm³/mol. The van der Waals surface area contributed by atoms with E-state index >= 15 is 0 Å². The fourth-order valence-corrected chi connectivity index (χ4v) is 2.58. The molecule has 0 saturated heterocycles. The van der Waals surface area contributed by atoms with Crippen molar-refractivity contribution in [1.82, 2.24) is 5.32 Å². The summed E-state index contributed by atoms with van der Waals surface area (Å²) in [6.45, 7) is 2.41. The summed E-state index contributed by atoms with van der Waals surface area (Å²) in [6.07, 6.45) is 0. The van der Waals surface area contributed by atoms with Crippen LogP contribution in [0.15, 0.2) is 0 Å². The highest BCUT2D eigenvalue weighted by Gasteiger charge is 2.21. The molecule has 0 fully saturated rings. The summed E-state index contributed by atoms with van der Waals surface area (Å²) in [5.41, 5.74) is 6.32. The number of thiophene rings is 1. The first-order valence-corrected chi connectivity index (χ1v) is 6.16. The number of amides is 1. The third-order valence-electron chi connectivity index (χ3n) is 2.28. The second kappa shape index (κ2) is 6.23. The summed E-state index contributed by atoms with van der Waals surface area (Å²) in [6, 6.07) is 2.04. The molecule has 1 amide bonds. The minimum absolute atomic E-state index is 0.0256. The lowest BCUT2D eigenvalue weighted by Crippen LogP contribution is -2.20. The van der Waals surface area contributed by atoms with Crippen molar-refractivity contribution in [3.63, 3.8) is 0 Å². The fraction of sp³-hybridized carbons (Fsp3) is 0.455. The number of anilines is 2. The molecule has 0 radical (unpaired) electrons. The van der Waals surface area contributed by atoms with E-state index in [0.29, 0.717) is 22.0 Å². The Balaban J connectivity index is 3.05. The molecule has 18 heavy (non-hydrogen) atoms. The first-order valence-electron chi connectivity index (χ1n) is 5.35. The van der Waals surface area contributed by atoms with Gasteiger partial charge in [-0.15, -0.1) is 11.3 Å². The maximum Gasteiger partial charge on any atom is 0.263 e. The van der Waals surface area contributed by atoms with Crippen LogP contribution >= 0.6 is 11.3 Å². The van der Waals surface area contributed by atoms with Crippen molar-refractivity contribution in [1.29, 1.82) is 5.26 Å². The second-order valence-corrected chi connectivity index (χ2v) is 4.76. The molecule has 98 valence electrons. The van der Waals surface area contributed by atoms with Crippen LogP contribution in [0.1, 0.15) is 22.2 Å². The molecule has 1 rings (SSSR count). The zero-order chi connectivity index (χ0) is 13.7. The van der Waals surface area contributed by atoms with Crippen LogP contribution in [-0.4, -0.2) is 32.7 Å². The molecule has 1 heterocycles. The van der Waals surface area contributed by atoms with Crippen LogP contribution in [0.2, 0.25) is 0 Å². The first kappa shape index (κ1) is 14.3. The number of hydrogen-bond donors (Lipinski definition) is 3. The van der Waals surface area contributed by atoms with E-state index in [9.17, 15) is 4.79 Å². The number of hydrogen-bond acceptors (Lipinski definition) is 6. The monoisotopic (exact) mass is 268 g/mol. The number of nitrogens with one attached hydrogen (secondary N) is 2. The lowest BCUT2D eigenvalue weighted by molar-refractivity contribution is 0.0968. The quantitative estimate of drug-likeness (QED) is 0.740. The number of methoxy groups -OCH3 is 1. The zero-order valence-corrected chi connectivity index (χ0v) is 11.4. The van der Waals surface area contributed by atoms with Gasteiger partial charge in [-0.3, -0.25) is 4.79 Å². The van der Waals surface area contributed by atoms with E-state index in [0.717, 1.165) is 0 Å². The molecule has 0 aromatic carbocycles. The lowest BCUT2D eigenvalue weighted by atomic mass is 10.2. The highest BCUT2D eigenvalue weighted by atomic mass is 32.1. The molecule has 0 aliphatic heterocycles. The van der Waals surface area contributed by atoms with Gasteiger partial charge < -0.3 is 21.1 Å². The van der Waals surface area contributed by atoms with Crippen LogP contribution in [0.4, 0.5) is 10.7 Å². The summed E-state index contributed by atoms with van der Waals surface area (Å²) < 4.78 is 5.00. The van der Waals surface area contributed by atoms with Crippen molar-refractivity contribution in [2.75, 3.05) is 31.8 Å². The van der Waals surface area contributed by atoms with Crippen LogP contribution < -0.4 is 16.4 Å². The van der Waals surface area contributed by atoms with Gasteiger partial charge in [-0.25, -0.2) is 0 Å². The average molecular weight is 268 g/mol. The Morgan fingerprint density at radius 1 is 1.67 bits per heavy atom. The topological polar surface area (TPSA) is 100 Å². The Hall–Kier alpha value is -1.78. The largest absolute Gasteiger partial charge is 0.396 e. The number of carbonyl (C=O) groups is 1. The van der Waals surface area contributed by atoms with Gasteiger partial charge in [-0.1, -0.05) is 0 Å². The third kappa shape index (κ3) is 2.91. The van der Waals surface area contributed by atoms with Crippen molar-refractivity contribution < 1.29 is 9.53 Å². The maximum atomic E-state index is 11.6. The van der Waals surface area contributed by atoms with Gasteiger partial charge in [0.15, 0.2) is 0 Å². The Bertz CT molecular complexity index is 478. The maximum absolute atomic E-state index is 11.6. The standard InChI is InChI=1S/C11H16N4O2S/c1-6(5-17-3)15-11-7(4-12)8(13)9(18-11)10(16)14-2/h6,15H,5,13H2,1-3H3,(H,14,16). The average Bonchev–Trinajstić information content (AvgIpc) is 2.65. The highest BCUT2D eigenvalue weighted by Crippen LogP contribution is 2.35. The van der Waals surface area contributed by atoms with E-state index in [1.165, 1.54) is 18.4 Å². The molecule has 7 heteroatoms. The van der Waals surface area contributed by atoms with Crippen molar-refractivity contribution in [2.45, 2.75) is 13.0 Å². The normalized spacial score (nSPS) is 11.7. The van der Waals surface area contributed by atoms with Gasteiger partial charge in [0.1, 0.15) is 21.5 Å². The molecule has 1 atom stereocenters. The molecule has 1 aromatic rings. The minimum Gasteiger partial charge on any atom is -0.396 e. The summed E-state index contributed by atoms with van der Waals surface area (Å²) >= 11 is 1.17. The Labute approximate surface area is 110 Å². The van der Waals surface area contributed by atoms with Gasteiger partial charge in [0.2, 0.25) is 0 Å². The van der Waals surface area contributed by atoms with Crippen LogP contribution in [0.5, 0.6) is 0 Å². The molecular formula is C11H16N4O2S. The fourth-order valence-electron chi connectivity index (χ4n) is 1.45. The highest BCUT2D eigenvalue weighted by molar-refractivity contribution is 7.18. The molecule has 4 N–H and O–H groups in total. The van der Waals surface area contributed by atoms with Gasteiger partial charge in [0, 0.05) is 20.2 Å². The van der Waals surface area contributed by atoms with Gasteiger partial charge in [-0.2, -0.15) is 5.26 Å². The number of rotatable bonds is 5.